The van der Waals surface area contributed by atoms with Crippen LogP contribution in [0.5, 0.6) is 0 Å². The van der Waals surface area contributed by atoms with Crippen molar-refractivity contribution >= 4 is 0 Å². The number of likely N-dealkylation sites (N-methyl/N-ethyl adjacent to an activating group) is 1. The molecule has 0 aromatic heterocycles. The summed E-state index contributed by atoms with van der Waals surface area (Å²) in [6.07, 6.45) is 8.30. The maximum absolute atomic E-state index is 5.42. The lowest BCUT2D eigenvalue weighted by atomic mass is 9.84. The lowest BCUT2D eigenvalue weighted by molar-refractivity contribution is 0.0463. The van der Waals surface area contributed by atoms with Gasteiger partial charge in [-0.3, -0.25) is 4.90 Å². The molecular weight excluding hydrogens is 224 g/mol. The second-order valence-corrected chi connectivity index (χ2v) is 6.29. The fourth-order valence-electron chi connectivity index (χ4n) is 3.28. The second kappa shape index (κ2) is 6.88. The van der Waals surface area contributed by atoms with Gasteiger partial charge in [-0.15, -0.1) is 0 Å². The molecule has 0 aliphatic heterocycles. The summed E-state index contributed by atoms with van der Waals surface area (Å²) in [5, 5.41) is 3.65. The molecule has 0 amide bonds. The van der Waals surface area contributed by atoms with Crippen molar-refractivity contribution in [1.29, 1.82) is 0 Å². The number of ether oxygens (including phenoxy) is 1. The van der Waals surface area contributed by atoms with E-state index in [1.807, 2.05) is 7.11 Å². The van der Waals surface area contributed by atoms with E-state index in [9.17, 15) is 0 Å². The Kier molecular flexibility index (Phi) is 5.46. The van der Waals surface area contributed by atoms with E-state index in [4.69, 9.17) is 4.74 Å². The molecule has 0 heterocycles. The first-order valence-corrected chi connectivity index (χ1v) is 7.66. The number of methoxy groups -OCH3 is 1. The number of nitrogens with zero attached hydrogens (tertiary/aromatic N) is 1. The van der Waals surface area contributed by atoms with Crippen molar-refractivity contribution in [2.24, 2.45) is 5.92 Å². The van der Waals surface area contributed by atoms with Crippen molar-refractivity contribution in [3.05, 3.63) is 0 Å². The molecule has 3 nitrogen and oxygen atoms in total. The Hall–Kier alpha value is -0.120. The number of hydrogen-bond acceptors (Lipinski definition) is 3. The Morgan fingerprint density at radius 2 is 1.94 bits per heavy atom. The molecule has 2 saturated carbocycles. The molecule has 0 spiro atoms. The maximum atomic E-state index is 5.42. The lowest BCUT2D eigenvalue weighted by Crippen LogP contribution is -2.51. The van der Waals surface area contributed by atoms with Crippen LogP contribution in [0.3, 0.4) is 0 Å². The van der Waals surface area contributed by atoms with Crippen molar-refractivity contribution in [2.75, 3.05) is 27.3 Å². The van der Waals surface area contributed by atoms with E-state index >= 15 is 0 Å². The predicted octanol–water partition coefficient (Wildman–Crippen LogP) is 2.26. The average molecular weight is 254 g/mol. The fraction of sp³-hybridized carbons (Fsp3) is 1.00. The van der Waals surface area contributed by atoms with Crippen molar-refractivity contribution in [3.63, 3.8) is 0 Å². The van der Waals surface area contributed by atoms with Crippen molar-refractivity contribution < 1.29 is 4.74 Å². The normalized spacial score (nSPS) is 30.7. The van der Waals surface area contributed by atoms with Gasteiger partial charge in [-0.05, 0) is 38.6 Å². The van der Waals surface area contributed by atoms with Crippen LogP contribution in [0, 0.1) is 5.92 Å². The topological polar surface area (TPSA) is 24.5 Å². The SMILES string of the molecule is COCC(CNC1CC1)N(C)C1CCCCC1C. The molecule has 0 saturated heterocycles. The first-order valence-electron chi connectivity index (χ1n) is 7.66. The highest BCUT2D eigenvalue weighted by Gasteiger charge is 2.30. The summed E-state index contributed by atoms with van der Waals surface area (Å²) in [5.41, 5.74) is 0. The van der Waals surface area contributed by atoms with Crippen molar-refractivity contribution in [3.8, 4) is 0 Å². The third-order valence-electron chi connectivity index (χ3n) is 4.74. The zero-order valence-corrected chi connectivity index (χ0v) is 12.3. The molecule has 0 radical (unpaired) electrons. The Bertz CT molecular complexity index is 243. The largest absolute Gasteiger partial charge is 0.383 e. The van der Waals surface area contributed by atoms with E-state index < -0.39 is 0 Å². The first-order chi connectivity index (χ1) is 8.72. The first kappa shape index (κ1) is 14.3. The van der Waals surface area contributed by atoms with Gasteiger partial charge in [0, 0.05) is 31.8 Å². The molecule has 2 fully saturated rings. The van der Waals surface area contributed by atoms with Crippen molar-refractivity contribution in [2.45, 2.75) is 63.6 Å². The Balaban J connectivity index is 1.85. The lowest BCUT2D eigenvalue weighted by Gasteiger charge is -2.40. The van der Waals surface area contributed by atoms with Crippen LogP contribution in [0.1, 0.15) is 45.4 Å². The number of hydrogen-bond donors (Lipinski definition) is 1. The Morgan fingerprint density at radius 1 is 1.22 bits per heavy atom. The smallest absolute Gasteiger partial charge is 0.0630 e. The highest BCUT2D eigenvalue weighted by Crippen LogP contribution is 2.28. The zero-order chi connectivity index (χ0) is 13.0. The molecule has 106 valence electrons. The molecule has 2 rings (SSSR count). The summed E-state index contributed by atoms with van der Waals surface area (Å²) in [7, 11) is 4.12. The van der Waals surface area contributed by atoms with E-state index in [1.54, 1.807) is 0 Å². The van der Waals surface area contributed by atoms with E-state index in [2.05, 4.69) is 24.2 Å². The van der Waals surface area contributed by atoms with Crippen LogP contribution in [0.15, 0.2) is 0 Å². The van der Waals surface area contributed by atoms with Gasteiger partial charge < -0.3 is 10.1 Å². The van der Waals surface area contributed by atoms with Gasteiger partial charge in [-0.1, -0.05) is 19.8 Å². The standard InChI is InChI=1S/C15H30N2O/c1-12-6-4-5-7-15(12)17(2)14(11-18-3)10-16-13-8-9-13/h12-16H,4-11H2,1-3H3. The summed E-state index contributed by atoms with van der Waals surface area (Å²) in [6.45, 7) is 4.34. The van der Waals surface area contributed by atoms with Crippen LogP contribution in [0.4, 0.5) is 0 Å². The molecule has 3 atom stereocenters. The highest BCUT2D eigenvalue weighted by molar-refractivity contribution is 4.87. The predicted molar refractivity (Wildman–Crippen MR) is 75.9 cm³/mol. The van der Waals surface area contributed by atoms with Gasteiger partial charge in [-0.2, -0.15) is 0 Å². The average Bonchev–Trinajstić information content (AvgIpc) is 3.18. The molecule has 0 aromatic rings. The summed E-state index contributed by atoms with van der Waals surface area (Å²) >= 11 is 0. The molecule has 0 bridgehead atoms. The van der Waals surface area contributed by atoms with Crippen LogP contribution in [0.2, 0.25) is 0 Å². The zero-order valence-electron chi connectivity index (χ0n) is 12.3. The maximum Gasteiger partial charge on any atom is 0.0630 e. The van der Waals surface area contributed by atoms with E-state index in [0.717, 1.165) is 31.2 Å². The van der Waals surface area contributed by atoms with E-state index in [0.29, 0.717) is 6.04 Å². The Labute approximate surface area is 112 Å². The van der Waals surface area contributed by atoms with Gasteiger partial charge in [0.15, 0.2) is 0 Å². The molecule has 0 aromatic carbocycles. The van der Waals surface area contributed by atoms with Crippen molar-refractivity contribution in [1.82, 2.24) is 10.2 Å². The summed E-state index contributed by atoms with van der Waals surface area (Å²) in [4.78, 5) is 2.59. The van der Waals surface area contributed by atoms with Crippen LogP contribution in [-0.4, -0.2) is 50.3 Å². The van der Waals surface area contributed by atoms with Crippen LogP contribution < -0.4 is 5.32 Å². The monoisotopic (exact) mass is 254 g/mol. The Morgan fingerprint density at radius 3 is 2.56 bits per heavy atom. The second-order valence-electron chi connectivity index (χ2n) is 6.29. The van der Waals surface area contributed by atoms with Gasteiger partial charge in [-0.25, -0.2) is 0 Å². The fourth-order valence-corrected chi connectivity index (χ4v) is 3.28. The third-order valence-corrected chi connectivity index (χ3v) is 4.74. The molecule has 2 aliphatic carbocycles. The minimum absolute atomic E-state index is 0.529. The molecule has 2 aliphatic rings. The summed E-state index contributed by atoms with van der Waals surface area (Å²) < 4.78 is 5.42. The quantitative estimate of drug-likeness (QED) is 0.754. The molecule has 18 heavy (non-hydrogen) atoms. The summed E-state index contributed by atoms with van der Waals surface area (Å²) in [6, 6.07) is 2.07. The van der Waals surface area contributed by atoms with E-state index in [1.165, 1.54) is 38.5 Å². The molecule has 3 heteroatoms. The van der Waals surface area contributed by atoms with Crippen LogP contribution in [-0.2, 0) is 4.74 Å². The van der Waals surface area contributed by atoms with Crippen LogP contribution >= 0.6 is 0 Å². The molecule has 1 N–H and O–H groups in total. The molecule has 3 unspecified atom stereocenters. The van der Waals surface area contributed by atoms with Gasteiger partial charge >= 0.3 is 0 Å². The van der Waals surface area contributed by atoms with Gasteiger partial charge in [0.2, 0.25) is 0 Å². The van der Waals surface area contributed by atoms with Gasteiger partial charge in [0.05, 0.1) is 6.61 Å². The third kappa shape index (κ3) is 3.94. The van der Waals surface area contributed by atoms with Crippen LogP contribution in [0.25, 0.3) is 0 Å². The number of nitrogens with one attached hydrogen (secondary N) is 1. The van der Waals surface area contributed by atoms with E-state index in [-0.39, 0.29) is 0 Å². The molecular formula is C15H30N2O. The van der Waals surface area contributed by atoms with Gasteiger partial charge in [0.1, 0.15) is 0 Å². The van der Waals surface area contributed by atoms with Gasteiger partial charge in [0.25, 0.3) is 0 Å². The summed E-state index contributed by atoms with van der Waals surface area (Å²) in [5.74, 6) is 0.837. The number of rotatable bonds is 7. The minimum Gasteiger partial charge on any atom is -0.383 e. The minimum atomic E-state index is 0.529. The highest BCUT2D eigenvalue weighted by atomic mass is 16.5.